The van der Waals surface area contributed by atoms with E-state index in [1.807, 2.05) is 13.8 Å². The van der Waals surface area contributed by atoms with Crippen molar-refractivity contribution in [2.24, 2.45) is 5.92 Å². The molecule has 0 aromatic heterocycles. The zero-order valence-corrected chi connectivity index (χ0v) is 9.97. The van der Waals surface area contributed by atoms with Crippen molar-refractivity contribution in [2.45, 2.75) is 39.3 Å². The number of hydrogen-bond acceptors (Lipinski definition) is 3. The molecule has 3 unspecified atom stereocenters. The van der Waals surface area contributed by atoms with Crippen LogP contribution in [0, 0.1) is 5.92 Å². The second-order valence-corrected chi connectivity index (χ2v) is 4.26. The van der Waals surface area contributed by atoms with Crippen molar-refractivity contribution in [3.05, 3.63) is 0 Å². The lowest BCUT2D eigenvalue weighted by Gasteiger charge is -2.39. The zero-order valence-electron chi connectivity index (χ0n) is 9.97. The fourth-order valence-corrected chi connectivity index (χ4v) is 1.81. The van der Waals surface area contributed by atoms with Gasteiger partial charge in [0.05, 0.1) is 18.8 Å². The van der Waals surface area contributed by atoms with Crippen molar-refractivity contribution in [2.75, 3.05) is 13.2 Å². The smallest absolute Gasteiger partial charge is 0.315 e. The number of morpholine rings is 1. The van der Waals surface area contributed by atoms with E-state index in [2.05, 4.69) is 0 Å². The third-order valence-electron chi connectivity index (χ3n) is 2.96. The first-order valence-corrected chi connectivity index (χ1v) is 5.62. The minimum Gasteiger partial charge on any atom is -0.481 e. The van der Waals surface area contributed by atoms with Crippen LogP contribution in [0.4, 0.5) is 0 Å². The first kappa shape index (κ1) is 13.0. The van der Waals surface area contributed by atoms with Crippen molar-refractivity contribution in [3.8, 4) is 0 Å². The van der Waals surface area contributed by atoms with Crippen LogP contribution in [-0.4, -0.2) is 47.2 Å². The van der Waals surface area contributed by atoms with E-state index in [0.717, 1.165) is 6.42 Å². The molecule has 1 heterocycles. The number of aliphatic carboxylic acids is 1. The highest BCUT2D eigenvalue weighted by Crippen LogP contribution is 2.17. The third kappa shape index (κ3) is 2.72. The van der Waals surface area contributed by atoms with Crippen LogP contribution >= 0.6 is 0 Å². The fraction of sp³-hybridized carbons (Fsp3) is 0.818. The van der Waals surface area contributed by atoms with Crippen LogP contribution in [0.25, 0.3) is 0 Å². The van der Waals surface area contributed by atoms with E-state index in [0.29, 0.717) is 13.2 Å². The summed E-state index contributed by atoms with van der Waals surface area (Å²) < 4.78 is 5.46. The Morgan fingerprint density at radius 2 is 2.19 bits per heavy atom. The molecule has 16 heavy (non-hydrogen) atoms. The molecule has 0 bridgehead atoms. The fourth-order valence-electron chi connectivity index (χ4n) is 1.81. The molecule has 0 spiro atoms. The first-order chi connectivity index (χ1) is 7.47. The summed E-state index contributed by atoms with van der Waals surface area (Å²) in [5.74, 6) is -2.35. The molecular formula is C11H19NO4. The molecule has 5 nitrogen and oxygen atoms in total. The lowest BCUT2D eigenvalue weighted by Crippen LogP contribution is -2.53. The van der Waals surface area contributed by atoms with Gasteiger partial charge in [-0.1, -0.05) is 6.92 Å². The molecule has 0 aromatic carbocycles. The van der Waals surface area contributed by atoms with Gasteiger partial charge in [-0.15, -0.1) is 0 Å². The number of ether oxygens (including phenoxy) is 1. The number of nitrogens with zero attached hydrogens (tertiary/aromatic N) is 1. The van der Waals surface area contributed by atoms with Crippen LogP contribution in [-0.2, 0) is 14.3 Å². The van der Waals surface area contributed by atoms with Crippen molar-refractivity contribution >= 4 is 11.9 Å². The number of amides is 1. The van der Waals surface area contributed by atoms with Crippen LogP contribution in [0.15, 0.2) is 0 Å². The van der Waals surface area contributed by atoms with E-state index in [1.165, 1.54) is 6.92 Å². The third-order valence-corrected chi connectivity index (χ3v) is 2.96. The number of rotatable bonds is 3. The van der Waals surface area contributed by atoms with Gasteiger partial charge in [-0.2, -0.15) is 0 Å². The Labute approximate surface area is 95.4 Å². The van der Waals surface area contributed by atoms with E-state index in [1.54, 1.807) is 4.90 Å². The van der Waals surface area contributed by atoms with Gasteiger partial charge in [0.1, 0.15) is 5.92 Å². The summed E-state index contributed by atoms with van der Waals surface area (Å²) in [6, 6.07) is 0.00509. The summed E-state index contributed by atoms with van der Waals surface area (Å²) in [5.41, 5.74) is 0. The molecule has 3 atom stereocenters. The van der Waals surface area contributed by atoms with E-state index in [9.17, 15) is 9.59 Å². The maximum Gasteiger partial charge on any atom is 0.315 e. The summed E-state index contributed by atoms with van der Waals surface area (Å²) in [6.07, 6.45) is 0.762. The van der Waals surface area contributed by atoms with Crippen LogP contribution in [0.1, 0.15) is 27.2 Å². The van der Waals surface area contributed by atoms with Gasteiger partial charge in [-0.05, 0) is 20.3 Å². The van der Waals surface area contributed by atoms with Crippen molar-refractivity contribution < 1.29 is 19.4 Å². The number of carbonyl (C=O) groups excluding carboxylic acids is 1. The van der Waals surface area contributed by atoms with Gasteiger partial charge in [0.2, 0.25) is 5.91 Å². The molecular weight excluding hydrogens is 210 g/mol. The van der Waals surface area contributed by atoms with Crippen LogP contribution in [0.5, 0.6) is 0 Å². The van der Waals surface area contributed by atoms with Crippen molar-refractivity contribution in [1.29, 1.82) is 0 Å². The Morgan fingerprint density at radius 1 is 1.56 bits per heavy atom. The normalized spacial score (nSPS) is 27.6. The predicted molar refractivity (Wildman–Crippen MR) is 58.0 cm³/mol. The Kier molecular flexibility index (Phi) is 4.29. The molecule has 1 fully saturated rings. The van der Waals surface area contributed by atoms with E-state index >= 15 is 0 Å². The van der Waals surface area contributed by atoms with Gasteiger partial charge in [0.15, 0.2) is 0 Å². The van der Waals surface area contributed by atoms with Gasteiger partial charge in [0, 0.05) is 6.54 Å². The molecule has 0 saturated carbocycles. The Morgan fingerprint density at radius 3 is 2.69 bits per heavy atom. The molecule has 1 N–H and O–H groups in total. The second-order valence-electron chi connectivity index (χ2n) is 4.26. The topological polar surface area (TPSA) is 66.8 Å². The highest BCUT2D eigenvalue weighted by Gasteiger charge is 2.34. The minimum atomic E-state index is -1.07. The van der Waals surface area contributed by atoms with Gasteiger partial charge in [-0.25, -0.2) is 0 Å². The van der Waals surface area contributed by atoms with E-state index in [4.69, 9.17) is 9.84 Å². The SMILES string of the molecule is CCC1COC(C)CN1C(=O)C(C)C(=O)O. The maximum atomic E-state index is 11.9. The summed E-state index contributed by atoms with van der Waals surface area (Å²) in [7, 11) is 0. The van der Waals surface area contributed by atoms with E-state index < -0.39 is 11.9 Å². The van der Waals surface area contributed by atoms with Crippen LogP contribution < -0.4 is 0 Å². The number of hydrogen-bond donors (Lipinski definition) is 1. The quantitative estimate of drug-likeness (QED) is 0.725. The lowest BCUT2D eigenvalue weighted by atomic mass is 10.1. The lowest BCUT2D eigenvalue weighted by molar-refractivity contribution is -0.157. The molecule has 0 radical (unpaired) electrons. The molecule has 0 aromatic rings. The molecule has 0 aliphatic carbocycles. The average Bonchev–Trinajstić information content (AvgIpc) is 2.26. The Hall–Kier alpha value is -1.10. The first-order valence-electron chi connectivity index (χ1n) is 5.62. The molecule has 92 valence electrons. The molecule has 1 aliphatic heterocycles. The zero-order chi connectivity index (χ0) is 12.3. The Bertz CT molecular complexity index is 279. The molecule has 1 rings (SSSR count). The predicted octanol–water partition coefficient (Wildman–Crippen LogP) is 0.733. The standard InChI is InChI=1S/C11H19NO4/c1-4-9-6-16-7(2)5-12(9)10(13)8(3)11(14)15/h7-9H,4-6H2,1-3H3,(H,14,15). The summed E-state index contributed by atoms with van der Waals surface area (Å²) in [6.45, 7) is 6.26. The minimum absolute atomic E-state index is 0.00509. The number of carbonyl (C=O) groups is 2. The highest BCUT2D eigenvalue weighted by molar-refractivity contribution is 5.96. The van der Waals surface area contributed by atoms with Crippen LogP contribution in [0.3, 0.4) is 0 Å². The van der Waals surface area contributed by atoms with Crippen LogP contribution in [0.2, 0.25) is 0 Å². The number of carboxylic acids is 1. The summed E-state index contributed by atoms with van der Waals surface area (Å²) in [4.78, 5) is 24.4. The van der Waals surface area contributed by atoms with Gasteiger partial charge >= 0.3 is 5.97 Å². The Balaban J connectivity index is 2.74. The number of carboxylic acid groups (broad SMARTS) is 1. The molecule has 1 saturated heterocycles. The van der Waals surface area contributed by atoms with E-state index in [-0.39, 0.29) is 18.1 Å². The molecule has 5 heteroatoms. The molecule has 1 amide bonds. The van der Waals surface area contributed by atoms with Gasteiger partial charge < -0.3 is 14.7 Å². The highest BCUT2D eigenvalue weighted by atomic mass is 16.5. The molecule has 1 aliphatic rings. The van der Waals surface area contributed by atoms with Gasteiger partial charge in [0.25, 0.3) is 0 Å². The summed E-state index contributed by atoms with van der Waals surface area (Å²) in [5, 5.41) is 8.83. The van der Waals surface area contributed by atoms with Crippen molar-refractivity contribution in [3.63, 3.8) is 0 Å². The largest absolute Gasteiger partial charge is 0.481 e. The second kappa shape index (κ2) is 5.30. The summed E-state index contributed by atoms with van der Waals surface area (Å²) >= 11 is 0. The van der Waals surface area contributed by atoms with Crippen molar-refractivity contribution in [1.82, 2.24) is 4.90 Å². The van der Waals surface area contributed by atoms with Gasteiger partial charge in [-0.3, -0.25) is 9.59 Å². The average molecular weight is 229 g/mol. The monoisotopic (exact) mass is 229 g/mol. The maximum absolute atomic E-state index is 11.9.